The summed E-state index contributed by atoms with van der Waals surface area (Å²) in [6, 6.07) is 9.85. The van der Waals surface area contributed by atoms with E-state index in [0.717, 1.165) is 35.2 Å². The molecule has 3 rings (SSSR count). The number of amides is 1. The fourth-order valence-electron chi connectivity index (χ4n) is 3.08. The minimum Gasteiger partial charge on any atom is -0.444 e. The van der Waals surface area contributed by atoms with Crippen LogP contribution in [0.2, 0.25) is 0 Å². The molecule has 1 atom stereocenters. The molecule has 2 N–H and O–H groups in total. The summed E-state index contributed by atoms with van der Waals surface area (Å²) in [5.74, 6) is 0.787. The van der Waals surface area contributed by atoms with Crippen molar-refractivity contribution < 1.29 is 14.6 Å². The maximum atomic E-state index is 11.9. The molecule has 0 saturated carbocycles. The Bertz CT molecular complexity index is 770. The highest BCUT2D eigenvalue weighted by molar-refractivity contribution is 5.82. The minimum atomic E-state index is -0.508. The Morgan fingerprint density at radius 1 is 1.40 bits per heavy atom. The van der Waals surface area contributed by atoms with Crippen molar-refractivity contribution >= 4 is 22.8 Å². The molecule has 2 aromatic rings. The van der Waals surface area contributed by atoms with Gasteiger partial charge in [0.15, 0.2) is 0 Å². The van der Waals surface area contributed by atoms with Crippen molar-refractivity contribution in [2.75, 3.05) is 18.0 Å². The number of benzene rings is 1. The lowest BCUT2D eigenvalue weighted by atomic mass is 10.1. The number of nitrogens with one attached hydrogen (secondary N) is 1. The molecule has 134 valence electrons. The summed E-state index contributed by atoms with van der Waals surface area (Å²) in [5, 5.41) is 13.6. The van der Waals surface area contributed by atoms with E-state index in [-0.39, 0.29) is 12.6 Å². The zero-order chi connectivity index (χ0) is 18.0. The number of carbonyl (C=O) groups excluding carboxylic acids is 1. The summed E-state index contributed by atoms with van der Waals surface area (Å²) in [5.41, 5.74) is 1.20. The predicted molar refractivity (Wildman–Crippen MR) is 97.7 cm³/mol. The molecule has 6 heteroatoms. The van der Waals surface area contributed by atoms with E-state index in [2.05, 4.69) is 10.2 Å². The number of nitrogens with zero attached hydrogens (tertiary/aromatic N) is 2. The molecule has 0 radical (unpaired) electrons. The van der Waals surface area contributed by atoms with Crippen molar-refractivity contribution in [3.05, 3.63) is 35.9 Å². The fourth-order valence-corrected chi connectivity index (χ4v) is 3.08. The van der Waals surface area contributed by atoms with Gasteiger partial charge in [-0.15, -0.1) is 0 Å². The first-order chi connectivity index (χ1) is 11.9. The van der Waals surface area contributed by atoms with E-state index in [1.807, 2.05) is 51.1 Å². The van der Waals surface area contributed by atoms with Crippen LogP contribution in [0.5, 0.6) is 0 Å². The second kappa shape index (κ2) is 6.88. The van der Waals surface area contributed by atoms with Crippen LogP contribution in [-0.4, -0.2) is 40.9 Å². The standard InChI is InChI=1S/C19H25N3O3/c1-19(2,3)25-18(24)20-15-8-9-22(11-15)17-14(12-23)10-13-6-4-5-7-16(13)21-17/h4-7,10,15,23H,8-9,11-12H2,1-3H3,(H,20,24)/t15-/m0/s1. The molecule has 1 saturated heterocycles. The quantitative estimate of drug-likeness (QED) is 0.896. The summed E-state index contributed by atoms with van der Waals surface area (Å²) in [6.45, 7) is 6.91. The van der Waals surface area contributed by atoms with E-state index >= 15 is 0 Å². The van der Waals surface area contributed by atoms with E-state index < -0.39 is 11.7 Å². The lowest BCUT2D eigenvalue weighted by molar-refractivity contribution is 0.0509. The number of hydrogen-bond acceptors (Lipinski definition) is 5. The summed E-state index contributed by atoms with van der Waals surface area (Å²) < 4.78 is 5.32. The summed E-state index contributed by atoms with van der Waals surface area (Å²) in [4.78, 5) is 18.8. The number of alkyl carbamates (subject to hydrolysis) is 1. The second-order valence-corrected chi connectivity index (χ2v) is 7.40. The van der Waals surface area contributed by atoms with Crippen molar-refractivity contribution in [2.24, 2.45) is 0 Å². The molecule has 0 aliphatic carbocycles. The molecule has 6 nitrogen and oxygen atoms in total. The van der Waals surface area contributed by atoms with Gasteiger partial charge in [-0.1, -0.05) is 18.2 Å². The topological polar surface area (TPSA) is 74.7 Å². The Labute approximate surface area is 147 Å². The monoisotopic (exact) mass is 343 g/mol. The van der Waals surface area contributed by atoms with Crippen molar-refractivity contribution in [2.45, 2.75) is 45.4 Å². The number of carbonyl (C=O) groups is 1. The van der Waals surface area contributed by atoms with Gasteiger partial charge in [0.2, 0.25) is 0 Å². The van der Waals surface area contributed by atoms with Gasteiger partial charge in [-0.3, -0.25) is 0 Å². The average Bonchev–Trinajstić information content (AvgIpc) is 2.99. The third kappa shape index (κ3) is 4.20. The molecule has 1 fully saturated rings. The Hall–Kier alpha value is -2.34. The van der Waals surface area contributed by atoms with Crippen LogP contribution in [0.4, 0.5) is 10.6 Å². The number of anilines is 1. The van der Waals surface area contributed by atoms with Gasteiger partial charge in [0.1, 0.15) is 11.4 Å². The summed E-state index contributed by atoms with van der Waals surface area (Å²) in [7, 11) is 0. The second-order valence-electron chi connectivity index (χ2n) is 7.40. The molecular formula is C19H25N3O3. The van der Waals surface area contributed by atoms with Crippen LogP contribution in [0.15, 0.2) is 30.3 Å². The zero-order valence-electron chi connectivity index (χ0n) is 15.0. The zero-order valence-corrected chi connectivity index (χ0v) is 15.0. The predicted octanol–water partition coefficient (Wildman–Crippen LogP) is 2.83. The highest BCUT2D eigenvalue weighted by Crippen LogP contribution is 2.26. The minimum absolute atomic E-state index is 0.00895. The van der Waals surface area contributed by atoms with Crippen LogP contribution < -0.4 is 10.2 Å². The Morgan fingerprint density at radius 3 is 2.88 bits per heavy atom. The van der Waals surface area contributed by atoms with E-state index in [4.69, 9.17) is 9.72 Å². The number of fused-ring (bicyclic) bond motifs is 1. The van der Waals surface area contributed by atoms with Gasteiger partial charge >= 0.3 is 6.09 Å². The van der Waals surface area contributed by atoms with Crippen LogP contribution in [0.3, 0.4) is 0 Å². The number of pyridine rings is 1. The first kappa shape index (κ1) is 17.5. The van der Waals surface area contributed by atoms with Gasteiger partial charge in [0.25, 0.3) is 0 Å². The molecule has 1 aromatic carbocycles. The van der Waals surface area contributed by atoms with Gasteiger partial charge in [-0.25, -0.2) is 9.78 Å². The van der Waals surface area contributed by atoms with Crippen molar-refractivity contribution in [1.82, 2.24) is 10.3 Å². The summed E-state index contributed by atoms with van der Waals surface area (Å²) in [6.07, 6.45) is 0.423. The first-order valence-corrected chi connectivity index (χ1v) is 8.60. The number of aliphatic hydroxyl groups excluding tert-OH is 1. The maximum Gasteiger partial charge on any atom is 0.407 e. The number of rotatable bonds is 3. The van der Waals surface area contributed by atoms with Gasteiger partial charge in [0, 0.05) is 24.0 Å². The number of aromatic nitrogens is 1. The Kier molecular flexibility index (Phi) is 4.81. The van der Waals surface area contributed by atoms with E-state index in [0.29, 0.717) is 6.54 Å². The third-order valence-corrected chi connectivity index (χ3v) is 4.16. The first-order valence-electron chi connectivity index (χ1n) is 8.60. The average molecular weight is 343 g/mol. The molecule has 1 aromatic heterocycles. The molecule has 0 bridgehead atoms. The SMILES string of the molecule is CC(C)(C)OC(=O)N[C@H]1CCN(c2nc3ccccc3cc2CO)C1. The lowest BCUT2D eigenvalue weighted by Crippen LogP contribution is -2.40. The maximum absolute atomic E-state index is 11.9. The van der Waals surface area contributed by atoms with Crippen LogP contribution in [0.1, 0.15) is 32.8 Å². The highest BCUT2D eigenvalue weighted by atomic mass is 16.6. The van der Waals surface area contributed by atoms with Gasteiger partial charge < -0.3 is 20.1 Å². The molecule has 25 heavy (non-hydrogen) atoms. The molecule has 2 heterocycles. The largest absolute Gasteiger partial charge is 0.444 e. The van der Waals surface area contributed by atoms with Crippen LogP contribution in [-0.2, 0) is 11.3 Å². The Morgan fingerprint density at radius 2 is 2.16 bits per heavy atom. The van der Waals surface area contributed by atoms with Crippen molar-refractivity contribution in [1.29, 1.82) is 0 Å². The number of para-hydroxylation sites is 1. The number of aliphatic hydroxyl groups is 1. The molecule has 1 amide bonds. The molecule has 1 aliphatic rings. The fraction of sp³-hybridized carbons (Fsp3) is 0.474. The van der Waals surface area contributed by atoms with Crippen LogP contribution >= 0.6 is 0 Å². The molecule has 1 aliphatic heterocycles. The van der Waals surface area contributed by atoms with Crippen molar-refractivity contribution in [3.8, 4) is 0 Å². The van der Waals surface area contributed by atoms with E-state index in [1.165, 1.54) is 0 Å². The highest BCUT2D eigenvalue weighted by Gasteiger charge is 2.28. The van der Waals surface area contributed by atoms with E-state index in [1.54, 1.807) is 0 Å². The van der Waals surface area contributed by atoms with Crippen LogP contribution in [0.25, 0.3) is 10.9 Å². The normalized spacial score (nSPS) is 17.8. The van der Waals surface area contributed by atoms with Gasteiger partial charge in [-0.05, 0) is 39.3 Å². The molecule has 0 unspecified atom stereocenters. The van der Waals surface area contributed by atoms with Gasteiger partial charge in [-0.2, -0.15) is 0 Å². The molecule has 0 spiro atoms. The van der Waals surface area contributed by atoms with Crippen LogP contribution in [0, 0.1) is 0 Å². The summed E-state index contributed by atoms with van der Waals surface area (Å²) >= 11 is 0. The number of hydrogen-bond donors (Lipinski definition) is 2. The van der Waals surface area contributed by atoms with E-state index in [9.17, 15) is 9.90 Å². The smallest absolute Gasteiger partial charge is 0.407 e. The van der Waals surface area contributed by atoms with Gasteiger partial charge in [0.05, 0.1) is 18.2 Å². The third-order valence-electron chi connectivity index (χ3n) is 4.16. The lowest BCUT2D eigenvalue weighted by Gasteiger charge is -2.23. The van der Waals surface area contributed by atoms with Crippen molar-refractivity contribution in [3.63, 3.8) is 0 Å². The Balaban J connectivity index is 1.73. The molecular weight excluding hydrogens is 318 g/mol. The number of ether oxygens (including phenoxy) is 1.